The molecule has 24 nitrogen and oxygen atoms in total. The van der Waals surface area contributed by atoms with Gasteiger partial charge in [0.2, 0.25) is 35.4 Å². The normalized spacial score (nSPS) is 29.1. The van der Waals surface area contributed by atoms with Crippen molar-refractivity contribution in [3.63, 3.8) is 0 Å². The third-order valence-corrected chi connectivity index (χ3v) is 13.8. The van der Waals surface area contributed by atoms with Gasteiger partial charge in [-0.05, 0) is 60.9 Å². The van der Waals surface area contributed by atoms with E-state index in [-0.39, 0.29) is 35.8 Å². The van der Waals surface area contributed by atoms with Crippen LogP contribution < -0.4 is 31.3 Å². The summed E-state index contributed by atoms with van der Waals surface area (Å²) in [5, 5.41) is 113. The number of unbranched alkanes of at least 4 members (excludes halogenated alkanes) is 3. The molecule has 3 fully saturated rings. The van der Waals surface area contributed by atoms with Crippen LogP contribution in [0.2, 0.25) is 0 Å². The minimum Gasteiger partial charge on any atom is -0.508 e. The van der Waals surface area contributed by atoms with Gasteiger partial charge < -0.3 is 87.1 Å². The quantitative estimate of drug-likeness (QED) is 0.0774. The first-order valence-electron chi connectivity index (χ1n) is 25.0. The Morgan fingerprint density at radius 2 is 1.32 bits per heavy atom. The summed E-state index contributed by atoms with van der Waals surface area (Å²) in [5.74, 6) is -9.36. The van der Waals surface area contributed by atoms with Gasteiger partial charge in [-0.15, -0.1) is 0 Å². The van der Waals surface area contributed by atoms with E-state index < -0.39 is 152 Å². The summed E-state index contributed by atoms with van der Waals surface area (Å²) in [6.45, 7) is 4.97. The summed E-state index contributed by atoms with van der Waals surface area (Å²) in [6, 6.07) is 3.21. The molecular weight excluding hydrogens is 983 g/mol. The van der Waals surface area contributed by atoms with E-state index in [4.69, 9.17) is 4.74 Å². The Morgan fingerprint density at radius 1 is 0.720 bits per heavy atom. The van der Waals surface area contributed by atoms with E-state index in [9.17, 15) is 79.5 Å². The Morgan fingerprint density at radius 3 is 1.95 bits per heavy atom. The molecule has 0 radical (unpaired) electrons. The van der Waals surface area contributed by atoms with Gasteiger partial charge in [-0.1, -0.05) is 69.5 Å². The lowest BCUT2D eigenvalue weighted by molar-refractivity contribution is -0.148. The van der Waals surface area contributed by atoms with Gasteiger partial charge in [0.15, 0.2) is 6.23 Å². The Balaban J connectivity index is 1.41. The maximum Gasteiger partial charge on any atom is 0.255 e. The van der Waals surface area contributed by atoms with Crippen LogP contribution in [0, 0.1) is 5.92 Å². The van der Waals surface area contributed by atoms with Crippen LogP contribution in [0.1, 0.15) is 88.2 Å². The molecule has 3 aromatic carbocycles. The van der Waals surface area contributed by atoms with E-state index >= 15 is 0 Å². The minimum atomic E-state index is -2.30. The number of phenolic OH excluding ortho intramolecular Hbond substituents is 1. The second-order valence-corrected chi connectivity index (χ2v) is 19.7. The number of aliphatic hydroxyl groups excluding tert-OH is 8. The van der Waals surface area contributed by atoms with Crippen LogP contribution in [-0.2, 0) is 28.8 Å². The second kappa shape index (κ2) is 25.3. The molecule has 0 bridgehead atoms. The maximum absolute atomic E-state index is 14.5. The van der Waals surface area contributed by atoms with Gasteiger partial charge in [0.1, 0.15) is 66.1 Å². The molecule has 3 aliphatic heterocycles. The van der Waals surface area contributed by atoms with Gasteiger partial charge in [0, 0.05) is 31.8 Å². The van der Waals surface area contributed by atoms with Crippen molar-refractivity contribution in [2.75, 3.05) is 19.7 Å². The first-order valence-corrected chi connectivity index (χ1v) is 25.0. The first kappa shape index (κ1) is 57.8. The van der Waals surface area contributed by atoms with Crippen LogP contribution in [0.5, 0.6) is 11.5 Å². The monoisotopic (exact) mass is 1050 g/mol. The zero-order valence-corrected chi connectivity index (χ0v) is 42.0. The zero-order valence-electron chi connectivity index (χ0n) is 42.0. The van der Waals surface area contributed by atoms with Gasteiger partial charge in [-0.2, -0.15) is 0 Å². The number of hydrogen-bond acceptors (Lipinski definition) is 17. The van der Waals surface area contributed by atoms with Crippen LogP contribution >= 0.6 is 0 Å². The van der Waals surface area contributed by atoms with E-state index in [1.807, 2.05) is 6.92 Å². The van der Waals surface area contributed by atoms with Crippen molar-refractivity contribution < 1.29 is 84.3 Å². The van der Waals surface area contributed by atoms with Crippen LogP contribution in [0.3, 0.4) is 0 Å². The number of nitrogens with zero attached hydrogens (tertiary/aromatic N) is 2. The Labute approximate surface area is 432 Å². The predicted octanol–water partition coefficient (Wildman–Crippen LogP) is -2.72. The summed E-state index contributed by atoms with van der Waals surface area (Å²) in [6.07, 6.45) is -13.4. The topological polar surface area (TPSA) is 377 Å². The van der Waals surface area contributed by atoms with Gasteiger partial charge >= 0.3 is 0 Å². The lowest BCUT2D eigenvalue weighted by Crippen LogP contribution is -2.64. The number of aliphatic hydroxyl groups is 8. The fourth-order valence-corrected chi connectivity index (χ4v) is 9.49. The van der Waals surface area contributed by atoms with Crippen LogP contribution in [0.25, 0.3) is 10.8 Å². The average Bonchev–Trinajstić information content (AvgIpc) is 3.92. The number of carbonyl (C=O) groups excluding carboxylic acids is 7. The molecule has 3 heterocycles. The van der Waals surface area contributed by atoms with Crippen LogP contribution in [-0.4, -0.2) is 196 Å². The molecular formula is C51H69N7O17. The van der Waals surface area contributed by atoms with Crippen molar-refractivity contribution in [1.82, 2.24) is 36.4 Å². The van der Waals surface area contributed by atoms with Gasteiger partial charge in [0.25, 0.3) is 5.91 Å². The van der Waals surface area contributed by atoms with Crippen molar-refractivity contribution in [1.29, 1.82) is 0 Å². The van der Waals surface area contributed by atoms with Crippen molar-refractivity contribution in [2.24, 2.45) is 5.92 Å². The highest BCUT2D eigenvalue weighted by atomic mass is 16.5. The molecule has 6 rings (SSSR count). The number of rotatable bonds is 13. The van der Waals surface area contributed by atoms with Gasteiger partial charge in [-0.25, -0.2) is 0 Å². The van der Waals surface area contributed by atoms with Crippen LogP contribution in [0.15, 0.2) is 60.7 Å². The molecule has 75 heavy (non-hydrogen) atoms. The highest BCUT2D eigenvalue weighted by Crippen LogP contribution is 2.30. The minimum absolute atomic E-state index is 0.0534. The number of aromatic hydroxyl groups is 1. The number of amides is 7. The number of benzene rings is 3. The molecule has 0 aromatic heterocycles. The SMILES string of the molecule is CCCCCCOc1cc2ccccc2cc1C(=O)N[C@@H]1C[C@@H](O)[C@H](O)NC(=O)[C@@H]2[C@@H](O)[C@@H](C)CN2C(=O)[C@H]([C@@H](C)O)NC(=O)[C@H]([C@H](O)[C@@H](O)c2ccc(O)cc2)NC(=O)[C@@H]2C[C@@H](O)CN2C(=O)[C@H]([C@@H](C)O)NC1=O. The second-order valence-electron chi connectivity index (χ2n) is 19.7. The lowest BCUT2D eigenvalue weighted by Gasteiger charge is -2.34. The highest BCUT2D eigenvalue weighted by Gasteiger charge is 2.50. The third kappa shape index (κ3) is 13.7. The fourth-order valence-electron chi connectivity index (χ4n) is 9.49. The van der Waals surface area contributed by atoms with Gasteiger partial charge in [0.05, 0.1) is 36.6 Å². The Kier molecular flexibility index (Phi) is 19.5. The van der Waals surface area contributed by atoms with Crippen LogP contribution in [0.4, 0.5) is 0 Å². The fraction of sp³-hybridized carbons (Fsp3) is 0.549. The zero-order chi connectivity index (χ0) is 55.0. The number of phenols is 1. The molecule has 3 saturated heterocycles. The third-order valence-electron chi connectivity index (χ3n) is 13.8. The van der Waals surface area contributed by atoms with E-state index in [2.05, 4.69) is 26.6 Å². The summed E-state index contributed by atoms with van der Waals surface area (Å²) in [5.41, 5.74) is -0.127. The summed E-state index contributed by atoms with van der Waals surface area (Å²) in [4.78, 5) is 102. The molecule has 24 heteroatoms. The summed E-state index contributed by atoms with van der Waals surface area (Å²) < 4.78 is 6.09. The summed E-state index contributed by atoms with van der Waals surface area (Å²) >= 11 is 0. The Hall–Kier alpha value is -6.51. The number of carbonyl (C=O) groups is 7. The largest absolute Gasteiger partial charge is 0.508 e. The van der Waals surface area contributed by atoms with E-state index in [1.165, 1.54) is 25.1 Å². The first-order chi connectivity index (χ1) is 35.5. The van der Waals surface area contributed by atoms with Crippen molar-refractivity contribution in [3.8, 4) is 11.5 Å². The molecule has 0 unspecified atom stereocenters. The molecule has 0 saturated carbocycles. The molecule has 0 spiro atoms. The molecule has 3 aromatic rings. The molecule has 14 N–H and O–H groups in total. The molecule has 7 amide bonds. The van der Waals surface area contributed by atoms with E-state index in [0.717, 1.165) is 55.0 Å². The number of fused-ring (bicyclic) bond motifs is 3. The predicted molar refractivity (Wildman–Crippen MR) is 265 cm³/mol. The van der Waals surface area contributed by atoms with Crippen molar-refractivity contribution in [2.45, 2.75) is 151 Å². The van der Waals surface area contributed by atoms with Gasteiger partial charge in [-0.3, -0.25) is 33.6 Å². The highest BCUT2D eigenvalue weighted by molar-refractivity contribution is 6.04. The van der Waals surface area contributed by atoms with Crippen molar-refractivity contribution >= 4 is 52.1 Å². The summed E-state index contributed by atoms with van der Waals surface area (Å²) in [7, 11) is 0. The maximum atomic E-state index is 14.5. The van der Waals surface area contributed by atoms with E-state index in [1.54, 1.807) is 30.3 Å². The number of ether oxygens (including phenoxy) is 1. The molecule has 410 valence electrons. The molecule has 3 aliphatic rings. The number of nitrogens with one attached hydrogen (secondary N) is 5. The lowest BCUT2D eigenvalue weighted by atomic mass is 9.96. The molecule has 15 atom stereocenters. The van der Waals surface area contributed by atoms with Crippen molar-refractivity contribution in [3.05, 3.63) is 71.8 Å². The number of hydrogen-bond donors (Lipinski definition) is 14. The smallest absolute Gasteiger partial charge is 0.255 e. The Bertz CT molecular complexity index is 2530. The molecule has 0 aliphatic carbocycles. The average molecular weight is 1050 g/mol. The van der Waals surface area contributed by atoms with E-state index in [0.29, 0.717) is 17.2 Å². The standard InChI is InChI=1S/C51H69N7O17/c1-5-6-7-10-17-75-36-19-29-12-9-8-11-28(29)18-32(36)44(67)52-33-21-35(63)47(70)56-49(72)40-41(64)24(2)22-58(40)51(74)38(26(4)60)54-48(71)39(43(66)42(65)27-13-15-30(61)16-14-27)55-46(69)34-20-31(62)23-57(34)50(73)37(25(3)59)53-45(33)68/h8-9,11-16,18-19,24-26,31,33-35,37-43,47,59-66,70H,5-7,10,17,20-23H2,1-4H3,(H,52,67)(H,53,68)(H,54,71)(H,55,69)(H,56,72)/t24-,25+,26+,31+,33+,34-,35+,37-,38-,39-,40-,41-,42-,43-,47-/m0/s1.